The molecule has 0 N–H and O–H groups in total. The van der Waals surface area contributed by atoms with E-state index in [0.29, 0.717) is 0 Å². The van der Waals surface area contributed by atoms with Crippen LogP contribution in [0.1, 0.15) is 24.8 Å². The fourth-order valence-electron chi connectivity index (χ4n) is 1.57. The molecule has 0 aliphatic rings. The van der Waals surface area contributed by atoms with Crippen molar-refractivity contribution in [2.45, 2.75) is 19.3 Å². The van der Waals surface area contributed by atoms with Crippen molar-refractivity contribution >= 4 is 0 Å². The monoisotopic (exact) mass is 184 g/mol. The van der Waals surface area contributed by atoms with Crippen molar-refractivity contribution in [2.24, 2.45) is 5.92 Å². The lowest BCUT2D eigenvalue weighted by Crippen LogP contribution is -2.08. The van der Waals surface area contributed by atoms with Crippen molar-refractivity contribution in [2.75, 3.05) is 0 Å². The van der Waals surface area contributed by atoms with Gasteiger partial charge in [0.05, 0.1) is 12.1 Å². The maximum absolute atomic E-state index is 8.82. The Hall–Kier alpha value is -1.80. The summed E-state index contributed by atoms with van der Waals surface area (Å²) in [4.78, 5) is 0. The van der Waals surface area contributed by atoms with Gasteiger partial charge >= 0.3 is 0 Å². The molecule has 1 unspecified atom stereocenters. The molecule has 1 aromatic rings. The summed E-state index contributed by atoms with van der Waals surface area (Å²) in [6, 6.07) is 13.8. The van der Waals surface area contributed by atoms with Gasteiger partial charge in [0.1, 0.15) is 5.92 Å². The van der Waals surface area contributed by atoms with Gasteiger partial charge in [-0.3, -0.25) is 0 Å². The van der Waals surface area contributed by atoms with Crippen molar-refractivity contribution in [3.05, 3.63) is 35.9 Å². The van der Waals surface area contributed by atoms with E-state index in [0.717, 1.165) is 12.0 Å². The van der Waals surface area contributed by atoms with E-state index >= 15 is 0 Å². The van der Waals surface area contributed by atoms with Crippen LogP contribution in [0.5, 0.6) is 0 Å². The van der Waals surface area contributed by atoms with E-state index in [4.69, 9.17) is 10.5 Å². The Morgan fingerprint density at radius 1 is 1.14 bits per heavy atom. The van der Waals surface area contributed by atoms with Crippen LogP contribution in [0.2, 0.25) is 0 Å². The first kappa shape index (κ1) is 10.3. The molecule has 0 amide bonds. The average Bonchev–Trinajstić information content (AvgIpc) is 2.27. The second-order valence-corrected chi connectivity index (χ2v) is 3.16. The second-order valence-electron chi connectivity index (χ2n) is 3.16. The maximum Gasteiger partial charge on any atom is 0.140 e. The molecule has 1 rings (SSSR count). The topological polar surface area (TPSA) is 47.6 Å². The Bertz CT molecular complexity index is 342. The lowest BCUT2D eigenvalue weighted by atomic mass is 9.86. The van der Waals surface area contributed by atoms with Crippen LogP contribution in [-0.2, 0) is 0 Å². The van der Waals surface area contributed by atoms with E-state index in [2.05, 4.69) is 0 Å². The quantitative estimate of drug-likeness (QED) is 0.725. The summed E-state index contributed by atoms with van der Waals surface area (Å²) >= 11 is 0. The van der Waals surface area contributed by atoms with Gasteiger partial charge in [-0.1, -0.05) is 37.3 Å². The molecule has 0 aromatic heterocycles. The zero-order valence-corrected chi connectivity index (χ0v) is 8.14. The minimum Gasteiger partial charge on any atom is -0.197 e. The summed E-state index contributed by atoms with van der Waals surface area (Å²) in [5.74, 6) is -0.506. The van der Waals surface area contributed by atoms with E-state index in [1.807, 2.05) is 49.4 Å². The molecular weight excluding hydrogens is 172 g/mol. The van der Waals surface area contributed by atoms with E-state index < -0.39 is 5.92 Å². The molecule has 2 nitrogen and oxygen atoms in total. The summed E-state index contributed by atoms with van der Waals surface area (Å²) in [6.45, 7) is 2.00. The van der Waals surface area contributed by atoms with E-state index in [1.54, 1.807) is 0 Å². The zero-order valence-electron chi connectivity index (χ0n) is 8.14. The third kappa shape index (κ3) is 2.12. The highest BCUT2D eigenvalue weighted by atomic mass is 14.3. The molecular formula is C12H12N2. The van der Waals surface area contributed by atoms with Crippen LogP contribution < -0.4 is 0 Å². The first-order valence-electron chi connectivity index (χ1n) is 4.67. The molecule has 0 fully saturated rings. The van der Waals surface area contributed by atoms with Crippen LogP contribution in [0, 0.1) is 28.6 Å². The van der Waals surface area contributed by atoms with Gasteiger partial charge in [-0.05, 0) is 12.0 Å². The number of nitrogens with zero attached hydrogens (tertiary/aromatic N) is 2. The van der Waals surface area contributed by atoms with Crippen LogP contribution in [0.25, 0.3) is 0 Å². The minimum atomic E-state index is -0.539. The van der Waals surface area contributed by atoms with Crippen LogP contribution >= 0.6 is 0 Å². The number of nitriles is 2. The van der Waals surface area contributed by atoms with Crippen LogP contribution in [0.15, 0.2) is 30.3 Å². The van der Waals surface area contributed by atoms with Crippen molar-refractivity contribution in [3.63, 3.8) is 0 Å². The minimum absolute atomic E-state index is 0.0335. The molecule has 0 saturated carbocycles. The van der Waals surface area contributed by atoms with Gasteiger partial charge < -0.3 is 0 Å². The molecule has 0 spiro atoms. The molecule has 14 heavy (non-hydrogen) atoms. The van der Waals surface area contributed by atoms with Gasteiger partial charge in [-0.2, -0.15) is 10.5 Å². The summed E-state index contributed by atoms with van der Waals surface area (Å²) in [5, 5.41) is 17.6. The highest BCUT2D eigenvalue weighted by Crippen LogP contribution is 2.26. The standard InChI is InChI=1S/C12H12N2/c1-2-12(11(8-13)9-14)10-6-4-3-5-7-10/h3-7,11-12H,2H2,1H3. The normalized spacial score (nSPS) is 11.7. The molecule has 0 radical (unpaired) electrons. The van der Waals surface area contributed by atoms with E-state index in [9.17, 15) is 0 Å². The van der Waals surface area contributed by atoms with Crippen LogP contribution in [0.3, 0.4) is 0 Å². The Kier molecular flexibility index (Phi) is 3.70. The SMILES string of the molecule is CCC(c1ccccc1)C(C#N)C#N. The Morgan fingerprint density at radius 3 is 2.14 bits per heavy atom. The molecule has 0 aliphatic heterocycles. The first-order chi connectivity index (χ1) is 6.83. The molecule has 2 heteroatoms. The summed E-state index contributed by atoms with van der Waals surface area (Å²) in [7, 11) is 0. The average molecular weight is 184 g/mol. The predicted molar refractivity (Wildman–Crippen MR) is 54.2 cm³/mol. The van der Waals surface area contributed by atoms with Crippen molar-refractivity contribution in [3.8, 4) is 12.1 Å². The largest absolute Gasteiger partial charge is 0.197 e. The number of benzene rings is 1. The summed E-state index contributed by atoms with van der Waals surface area (Å²) < 4.78 is 0. The Balaban J connectivity index is 2.95. The maximum atomic E-state index is 8.82. The van der Waals surface area contributed by atoms with E-state index in [1.165, 1.54) is 0 Å². The first-order valence-corrected chi connectivity index (χ1v) is 4.67. The molecule has 70 valence electrons. The number of rotatable bonds is 3. The Morgan fingerprint density at radius 2 is 1.71 bits per heavy atom. The molecule has 1 atom stereocenters. The highest BCUT2D eigenvalue weighted by Gasteiger charge is 2.20. The molecule has 0 aliphatic carbocycles. The molecule has 0 bridgehead atoms. The van der Waals surface area contributed by atoms with Gasteiger partial charge in [0.2, 0.25) is 0 Å². The summed E-state index contributed by atoms with van der Waals surface area (Å²) in [6.07, 6.45) is 0.815. The number of hydrogen-bond acceptors (Lipinski definition) is 2. The third-order valence-corrected chi connectivity index (χ3v) is 2.35. The lowest BCUT2D eigenvalue weighted by molar-refractivity contribution is 0.592. The van der Waals surface area contributed by atoms with Gasteiger partial charge in [-0.15, -0.1) is 0 Å². The number of hydrogen-bond donors (Lipinski definition) is 0. The van der Waals surface area contributed by atoms with Crippen LogP contribution in [0.4, 0.5) is 0 Å². The fraction of sp³-hybridized carbons (Fsp3) is 0.333. The highest BCUT2D eigenvalue weighted by molar-refractivity contribution is 5.24. The summed E-state index contributed by atoms with van der Waals surface area (Å²) in [5.41, 5.74) is 1.07. The Labute approximate surface area is 84.4 Å². The molecule has 0 saturated heterocycles. The van der Waals surface area contributed by atoms with Crippen LogP contribution in [-0.4, -0.2) is 0 Å². The lowest BCUT2D eigenvalue weighted by Gasteiger charge is -2.14. The van der Waals surface area contributed by atoms with Crippen molar-refractivity contribution < 1.29 is 0 Å². The van der Waals surface area contributed by atoms with E-state index in [-0.39, 0.29) is 5.92 Å². The molecule has 1 aromatic carbocycles. The van der Waals surface area contributed by atoms with Gasteiger partial charge in [0.15, 0.2) is 0 Å². The van der Waals surface area contributed by atoms with Crippen molar-refractivity contribution in [1.82, 2.24) is 0 Å². The van der Waals surface area contributed by atoms with Gasteiger partial charge in [0.25, 0.3) is 0 Å². The predicted octanol–water partition coefficient (Wildman–Crippen LogP) is 2.84. The third-order valence-electron chi connectivity index (χ3n) is 2.35. The fourth-order valence-corrected chi connectivity index (χ4v) is 1.57. The van der Waals surface area contributed by atoms with Gasteiger partial charge in [0, 0.05) is 5.92 Å². The zero-order chi connectivity index (χ0) is 10.4. The second kappa shape index (κ2) is 5.04. The molecule has 0 heterocycles. The van der Waals surface area contributed by atoms with Gasteiger partial charge in [-0.25, -0.2) is 0 Å². The van der Waals surface area contributed by atoms with Crippen molar-refractivity contribution in [1.29, 1.82) is 10.5 Å². The smallest absolute Gasteiger partial charge is 0.140 e.